The molecular weight excluding hydrogens is 446 g/mol. The quantitative estimate of drug-likeness (QED) is 0.384. The highest BCUT2D eigenvalue weighted by Gasteiger charge is 2.40. The molecule has 4 heterocycles. The zero-order chi connectivity index (χ0) is 24.4. The van der Waals surface area contributed by atoms with Gasteiger partial charge in [-0.2, -0.15) is 9.50 Å². The van der Waals surface area contributed by atoms with Crippen LogP contribution >= 0.6 is 0 Å². The molecule has 0 amide bonds. The van der Waals surface area contributed by atoms with E-state index in [4.69, 9.17) is 20.9 Å². The van der Waals surface area contributed by atoms with Gasteiger partial charge in [-0.05, 0) is 61.2 Å². The number of aryl methyl sites for hydroxylation is 2. The van der Waals surface area contributed by atoms with E-state index < -0.39 is 0 Å². The molecule has 1 saturated carbocycles. The Hall–Kier alpha value is -4.36. The molecule has 1 aliphatic rings. The Bertz CT molecular complexity index is 1740. The molecule has 1 fully saturated rings. The van der Waals surface area contributed by atoms with Crippen LogP contribution in [0.5, 0.6) is 0 Å². The van der Waals surface area contributed by atoms with Gasteiger partial charge >= 0.3 is 5.82 Å². The lowest BCUT2D eigenvalue weighted by molar-refractivity contribution is -0.498. The molecule has 0 spiro atoms. The Kier molecular flexibility index (Phi) is 4.41. The van der Waals surface area contributed by atoms with Crippen molar-refractivity contribution in [2.45, 2.75) is 25.3 Å². The van der Waals surface area contributed by atoms with Gasteiger partial charge in [0.1, 0.15) is 5.69 Å². The average Bonchev–Trinajstić information content (AvgIpc) is 3.41. The van der Waals surface area contributed by atoms with Crippen molar-refractivity contribution in [1.82, 2.24) is 24.5 Å². The summed E-state index contributed by atoms with van der Waals surface area (Å²) in [4.78, 5) is 4.81. The lowest BCUT2D eigenvalue weighted by Gasteiger charge is -2.08. The molecule has 0 unspecified atom stereocenters. The lowest BCUT2D eigenvalue weighted by atomic mass is 10.1. The van der Waals surface area contributed by atoms with Crippen LogP contribution in [0, 0.1) is 6.92 Å². The van der Waals surface area contributed by atoms with Crippen molar-refractivity contribution in [2.75, 3.05) is 0 Å². The molecule has 7 rings (SSSR count). The van der Waals surface area contributed by atoms with Crippen molar-refractivity contribution in [3.8, 4) is 28.3 Å². The summed E-state index contributed by atoms with van der Waals surface area (Å²) in [5, 5.41) is 10.8. The van der Waals surface area contributed by atoms with Crippen molar-refractivity contribution in [2.24, 2.45) is 12.8 Å². The molecule has 2 aromatic carbocycles. The van der Waals surface area contributed by atoms with E-state index in [1.54, 1.807) is 0 Å². The normalized spacial score (nSPS) is 14.5. The van der Waals surface area contributed by atoms with Crippen LogP contribution in [-0.2, 0) is 12.6 Å². The van der Waals surface area contributed by atoms with Crippen molar-refractivity contribution < 1.29 is 4.40 Å². The van der Waals surface area contributed by atoms with Crippen molar-refractivity contribution >= 4 is 16.6 Å². The van der Waals surface area contributed by atoms with Crippen LogP contribution in [0.1, 0.15) is 24.1 Å². The number of rotatable bonds is 4. The molecule has 0 saturated heterocycles. The molecule has 6 aromatic rings. The van der Waals surface area contributed by atoms with Crippen LogP contribution in [0.25, 0.3) is 44.9 Å². The third-order valence-corrected chi connectivity index (χ3v) is 7.32. The van der Waals surface area contributed by atoms with Gasteiger partial charge in [-0.1, -0.05) is 47.1 Å². The Morgan fingerprint density at radius 2 is 1.69 bits per heavy atom. The highest BCUT2D eigenvalue weighted by atomic mass is 15.4. The third-order valence-electron chi connectivity index (χ3n) is 7.32. The number of aromatic nitrogens is 6. The van der Waals surface area contributed by atoms with Crippen LogP contribution in [-0.4, -0.2) is 24.5 Å². The summed E-state index contributed by atoms with van der Waals surface area (Å²) in [7, 11) is 1.95. The van der Waals surface area contributed by atoms with E-state index in [0.29, 0.717) is 0 Å². The third kappa shape index (κ3) is 3.24. The van der Waals surface area contributed by atoms with Crippen LogP contribution in [0.15, 0.2) is 85.2 Å². The zero-order valence-corrected chi connectivity index (χ0v) is 20.3. The smallest absolute Gasteiger partial charge is 0.321 e. The van der Waals surface area contributed by atoms with Crippen LogP contribution in [0.3, 0.4) is 0 Å². The number of hydrogen-bond acceptors (Lipinski definition) is 4. The molecule has 0 atom stereocenters. The average molecular weight is 473 g/mol. The van der Waals surface area contributed by atoms with Crippen LogP contribution in [0.4, 0.5) is 0 Å². The SMILES string of the molecule is Cc1cc(-c2nn(-c3ccc(C4(N)CC4)cc3)c3c4cc(-c5ccccc5)cnc4cc[n+]23)nn1C. The molecule has 36 heavy (non-hydrogen) atoms. The molecule has 7 heteroatoms. The summed E-state index contributed by atoms with van der Waals surface area (Å²) in [6.45, 7) is 2.05. The minimum Gasteiger partial charge on any atom is -0.321 e. The Morgan fingerprint density at radius 3 is 2.39 bits per heavy atom. The molecule has 2 N–H and O–H groups in total. The molecule has 176 valence electrons. The van der Waals surface area contributed by atoms with E-state index in [-0.39, 0.29) is 5.54 Å². The first-order valence-corrected chi connectivity index (χ1v) is 12.2. The molecule has 0 bridgehead atoms. The molecule has 0 aliphatic heterocycles. The summed E-state index contributed by atoms with van der Waals surface area (Å²) in [6.07, 6.45) is 6.04. The van der Waals surface area contributed by atoms with Gasteiger partial charge in [-0.3, -0.25) is 9.67 Å². The van der Waals surface area contributed by atoms with E-state index in [2.05, 4.69) is 52.9 Å². The highest BCUT2D eigenvalue weighted by Crippen LogP contribution is 2.42. The number of benzene rings is 2. The topological polar surface area (TPSA) is 78.7 Å². The monoisotopic (exact) mass is 472 g/mol. The van der Waals surface area contributed by atoms with Crippen molar-refractivity contribution in [3.05, 3.63) is 96.4 Å². The molecule has 1 aliphatic carbocycles. The number of nitrogens with zero attached hydrogens (tertiary/aromatic N) is 6. The number of hydrogen-bond donors (Lipinski definition) is 1. The molecule has 7 nitrogen and oxygen atoms in total. The van der Waals surface area contributed by atoms with Gasteiger partial charge in [0.05, 0.1) is 22.2 Å². The molecule has 4 aromatic heterocycles. The Labute approximate surface area is 208 Å². The van der Waals surface area contributed by atoms with Crippen LogP contribution < -0.4 is 10.1 Å². The van der Waals surface area contributed by atoms with Gasteiger partial charge in [0.2, 0.25) is 0 Å². The maximum Gasteiger partial charge on any atom is 0.334 e. The fourth-order valence-corrected chi connectivity index (χ4v) is 4.88. The largest absolute Gasteiger partial charge is 0.334 e. The fourth-order valence-electron chi connectivity index (χ4n) is 4.88. The maximum atomic E-state index is 6.44. The highest BCUT2D eigenvalue weighted by molar-refractivity contribution is 5.93. The van der Waals surface area contributed by atoms with Gasteiger partial charge in [-0.25, -0.2) is 0 Å². The number of pyridine rings is 2. The predicted molar refractivity (Wildman–Crippen MR) is 139 cm³/mol. The van der Waals surface area contributed by atoms with E-state index in [0.717, 1.165) is 63.4 Å². The molecular formula is C29H26N7+. The second-order valence-electron chi connectivity index (χ2n) is 9.77. The number of fused-ring (bicyclic) bond motifs is 3. The van der Waals surface area contributed by atoms with E-state index in [1.165, 1.54) is 5.56 Å². The summed E-state index contributed by atoms with van der Waals surface area (Å²) in [5.41, 5.74) is 14.4. The van der Waals surface area contributed by atoms with Gasteiger partial charge < -0.3 is 5.73 Å². The van der Waals surface area contributed by atoms with E-state index in [1.807, 2.05) is 60.0 Å². The summed E-state index contributed by atoms with van der Waals surface area (Å²) >= 11 is 0. The zero-order valence-electron chi connectivity index (χ0n) is 20.3. The first kappa shape index (κ1) is 21.0. The number of nitrogens with two attached hydrogens (primary N) is 1. The lowest BCUT2D eigenvalue weighted by Crippen LogP contribution is -2.23. The summed E-state index contributed by atoms with van der Waals surface area (Å²) in [5.74, 6) is 0.780. The first-order chi connectivity index (χ1) is 17.5. The van der Waals surface area contributed by atoms with Gasteiger partial charge in [0.15, 0.2) is 5.69 Å². The van der Waals surface area contributed by atoms with Crippen molar-refractivity contribution in [1.29, 1.82) is 0 Å². The second-order valence-corrected chi connectivity index (χ2v) is 9.77. The Balaban J connectivity index is 1.51. The maximum absolute atomic E-state index is 6.44. The standard InChI is InChI=1S/C29H26N7/c1-19-16-26(32-34(19)2)27-33-36(23-10-8-22(9-11-23)29(30)13-14-29)28-24-17-21(20-6-4-3-5-7-20)18-31-25(24)12-15-35(27)28/h3-12,15-18H,13-14,30H2,1-2H3/q+1. The predicted octanol–water partition coefficient (Wildman–Crippen LogP) is 4.48. The van der Waals surface area contributed by atoms with Gasteiger partial charge in [0.25, 0.3) is 5.65 Å². The summed E-state index contributed by atoms with van der Waals surface area (Å²) < 4.78 is 5.99. The van der Waals surface area contributed by atoms with E-state index >= 15 is 0 Å². The van der Waals surface area contributed by atoms with Gasteiger partial charge in [0, 0.05) is 30.0 Å². The summed E-state index contributed by atoms with van der Waals surface area (Å²) in [6, 6.07) is 25.1. The first-order valence-electron chi connectivity index (χ1n) is 12.2. The van der Waals surface area contributed by atoms with E-state index in [9.17, 15) is 0 Å². The van der Waals surface area contributed by atoms with Crippen LogP contribution in [0.2, 0.25) is 0 Å². The second kappa shape index (κ2) is 7.57. The minimum absolute atomic E-state index is 0.169. The van der Waals surface area contributed by atoms with Crippen molar-refractivity contribution in [3.63, 3.8) is 0 Å². The Morgan fingerprint density at radius 1 is 0.917 bits per heavy atom. The molecule has 0 radical (unpaired) electrons. The minimum atomic E-state index is -0.169. The van der Waals surface area contributed by atoms with Gasteiger partial charge in [-0.15, -0.1) is 0 Å². The fraction of sp³-hybridized carbons (Fsp3) is 0.172.